The minimum absolute atomic E-state index is 0.0453. The number of nitrogen functional groups attached to an aromatic ring is 1. The Morgan fingerprint density at radius 2 is 2.14 bits per heavy atom. The van der Waals surface area contributed by atoms with Crippen LogP contribution in [-0.4, -0.2) is 37.0 Å². The van der Waals surface area contributed by atoms with Crippen LogP contribution in [0.15, 0.2) is 12.1 Å². The quantitative estimate of drug-likeness (QED) is 0.724. The molecule has 2 heterocycles. The number of carbonyl (C=O) groups is 1. The van der Waals surface area contributed by atoms with E-state index in [9.17, 15) is 4.79 Å². The first-order chi connectivity index (χ1) is 10.1. The monoisotopic (exact) mass is 288 g/mol. The van der Waals surface area contributed by atoms with Gasteiger partial charge >= 0.3 is 0 Å². The maximum Gasteiger partial charge on any atom is 0.228 e. The summed E-state index contributed by atoms with van der Waals surface area (Å²) in [6, 6.07) is 3.86. The number of nitrogens with one attached hydrogen (secondary N) is 2. The lowest BCUT2D eigenvalue weighted by Crippen LogP contribution is -2.29. The zero-order valence-electron chi connectivity index (χ0n) is 12.6. The van der Waals surface area contributed by atoms with Crippen LogP contribution in [0.2, 0.25) is 0 Å². The molecule has 0 spiro atoms. The Balaban J connectivity index is 1.57. The van der Waals surface area contributed by atoms with Crippen LogP contribution in [-0.2, 0) is 11.2 Å². The summed E-state index contributed by atoms with van der Waals surface area (Å²) in [6.07, 6.45) is 3.10. The van der Waals surface area contributed by atoms with E-state index in [0.29, 0.717) is 12.3 Å². The molecule has 0 aliphatic carbocycles. The van der Waals surface area contributed by atoms with Gasteiger partial charge in [-0.05, 0) is 49.5 Å². The third-order valence-corrected chi connectivity index (χ3v) is 4.31. The topological polar surface area (TPSA) is 70.4 Å². The molecule has 1 saturated heterocycles. The number of fused-ring (bicyclic) bond motifs is 1. The Bertz CT molecular complexity index is 537. The fourth-order valence-electron chi connectivity index (χ4n) is 3.20. The lowest BCUT2D eigenvalue weighted by atomic mass is 10.1. The molecule has 3 rings (SSSR count). The number of hydrogen-bond donors (Lipinski definition) is 3. The SMILES string of the molecule is CC(CNc1cc2c(cc1N)CC(=O)N2)CN1CCCC1. The summed E-state index contributed by atoms with van der Waals surface area (Å²) >= 11 is 0. The number of benzene rings is 1. The second-order valence-electron chi connectivity index (χ2n) is 6.32. The first-order valence-corrected chi connectivity index (χ1v) is 7.80. The molecule has 1 atom stereocenters. The molecule has 1 fully saturated rings. The van der Waals surface area contributed by atoms with E-state index < -0.39 is 0 Å². The molecule has 4 N–H and O–H groups in total. The highest BCUT2D eigenvalue weighted by Gasteiger charge is 2.20. The van der Waals surface area contributed by atoms with E-state index in [1.807, 2.05) is 12.1 Å². The van der Waals surface area contributed by atoms with Crippen molar-refractivity contribution in [2.45, 2.75) is 26.2 Å². The van der Waals surface area contributed by atoms with Crippen LogP contribution in [0.1, 0.15) is 25.3 Å². The minimum Gasteiger partial charge on any atom is -0.397 e. The van der Waals surface area contributed by atoms with Gasteiger partial charge in [0.15, 0.2) is 0 Å². The van der Waals surface area contributed by atoms with Gasteiger partial charge in [0, 0.05) is 18.8 Å². The van der Waals surface area contributed by atoms with Gasteiger partial charge < -0.3 is 21.3 Å². The minimum atomic E-state index is 0.0453. The van der Waals surface area contributed by atoms with Crippen molar-refractivity contribution in [3.8, 4) is 0 Å². The molecular formula is C16H24N4O. The standard InChI is InChI=1S/C16H24N4O/c1-11(10-20-4-2-3-5-20)9-18-15-8-14-12(6-13(15)17)7-16(21)19-14/h6,8,11,18H,2-5,7,9-10,17H2,1H3,(H,19,21). The van der Waals surface area contributed by atoms with Crippen LogP contribution in [0.3, 0.4) is 0 Å². The normalized spacial score (nSPS) is 19.4. The van der Waals surface area contributed by atoms with Crippen molar-refractivity contribution in [3.05, 3.63) is 17.7 Å². The Labute approximate surface area is 125 Å². The fraction of sp³-hybridized carbons (Fsp3) is 0.562. The van der Waals surface area contributed by atoms with Crippen molar-refractivity contribution in [1.82, 2.24) is 4.90 Å². The van der Waals surface area contributed by atoms with Crippen molar-refractivity contribution < 1.29 is 4.79 Å². The van der Waals surface area contributed by atoms with Crippen molar-refractivity contribution in [2.75, 3.05) is 42.5 Å². The first kappa shape index (κ1) is 14.2. The molecule has 21 heavy (non-hydrogen) atoms. The maximum absolute atomic E-state index is 11.4. The van der Waals surface area contributed by atoms with E-state index in [1.54, 1.807) is 0 Å². The molecule has 2 aliphatic rings. The lowest BCUT2D eigenvalue weighted by Gasteiger charge is -2.21. The largest absolute Gasteiger partial charge is 0.397 e. The summed E-state index contributed by atoms with van der Waals surface area (Å²) < 4.78 is 0. The van der Waals surface area contributed by atoms with Gasteiger partial charge in [-0.1, -0.05) is 6.92 Å². The van der Waals surface area contributed by atoms with Crippen LogP contribution < -0.4 is 16.4 Å². The summed E-state index contributed by atoms with van der Waals surface area (Å²) in [7, 11) is 0. The highest BCUT2D eigenvalue weighted by Crippen LogP contribution is 2.31. The van der Waals surface area contributed by atoms with Gasteiger partial charge in [0.25, 0.3) is 0 Å². The number of likely N-dealkylation sites (tertiary alicyclic amines) is 1. The number of nitrogens with two attached hydrogens (primary N) is 1. The van der Waals surface area contributed by atoms with Crippen molar-refractivity contribution in [2.24, 2.45) is 5.92 Å². The Morgan fingerprint density at radius 1 is 1.38 bits per heavy atom. The summed E-state index contributed by atoms with van der Waals surface area (Å²) in [6.45, 7) is 6.76. The average molecular weight is 288 g/mol. The Morgan fingerprint density at radius 3 is 2.90 bits per heavy atom. The van der Waals surface area contributed by atoms with Crippen LogP contribution in [0.4, 0.5) is 17.1 Å². The summed E-state index contributed by atoms with van der Waals surface area (Å²) in [5.74, 6) is 0.620. The predicted molar refractivity (Wildman–Crippen MR) is 86.5 cm³/mol. The average Bonchev–Trinajstić information content (AvgIpc) is 3.04. The van der Waals surface area contributed by atoms with Crippen LogP contribution in [0.5, 0.6) is 0 Å². The molecule has 1 aromatic carbocycles. The maximum atomic E-state index is 11.4. The Hall–Kier alpha value is -1.75. The van der Waals surface area contributed by atoms with Gasteiger partial charge in [0.2, 0.25) is 5.91 Å². The second-order valence-corrected chi connectivity index (χ2v) is 6.32. The number of amides is 1. The smallest absolute Gasteiger partial charge is 0.228 e. The zero-order chi connectivity index (χ0) is 14.8. The van der Waals surface area contributed by atoms with E-state index in [0.717, 1.165) is 35.7 Å². The molecule has 1 unspecified atom stereocenters. The number of carbonyl (C=O) groups excluding carboxylic acids is 1. The third kappa shape index (κ3) is 3.29. The Kier molecular flexibility index (Phi) is 4.01. The second kappa shape index (κ2) is 5.93. The van der Waals surface area contributed by atoms with E-state index in [1.165, 1.54) is 25.9 Å². The molecule has 1 aromatic rings. The van der Waals surface area contributed by atoms with Crippen molar-refractivity contribution >= 4 is 23.0 Å². The molecule has 2 aliphatic heterocycles. The molecule has 0 saturated carbocycles. The highest BCUT2D eigenvalue weighted by atomic mass is 16.1. The first-order valence-electron chi connectivity index (χ1n) is 7.80. The van der Waals surface area contributed by atoms with Gasteiger partial charge in [-0.2, -0.15) is 0 Å². The van der Waals surface area contributed by atoms with E-state index >= 15 is 0 Å². The molecule has 5 heteroatoms. The molecule has 0 bridgehead atoms. The van der Waals surface area contributed by atoms with Crippen molar-refractivity contribution in [3.63, 3.8) is 0 Å². The van der Waals surface area contributed by atoms with E-state index in [4.69, 9.17) is 5.73 Å². The molecule has 1 amide bonds. The van der Waals surface area contributed by atoms with Crippen LogP contribution in [0, 0.1) is 5.92 Å². The molecule has 114 valence electrons. The van der Waals surface area contributed by atoms with E-state index in [2.05, 4.69) is 22.5 Å². The fourth-order valence-corrected chi connectivity index (χ4v) is 3.20. The van der Waals surface area contributed by atoms with Gasteiger partial charge in [-0.15, -0.1) is 0 Å². The number of rotatable bonds is 5. The van der Waals surface area contributed by atoms with Gasteiger partial charge in [-0.3, -0.25) is 4.79 Å². The van der Waals surface area contributed by atoms with Gasteiger partial charge in [0.1, 0.15) is 0 Å². The molecular weight excluding hydrogens is 264 g/mol. The third-order valence-electron chi connectivity index (χ3n) is 4.31. The van der Waals surface area contributed by atoms with Crippen molar-refractivity contribution in [1.29, 1.82) is 0 Å². The number of anilines is 3. The van der Waals surface area contributed by atoms with Gasteiger partial charge in [-0.25, -0.2) is 0 Å². The van der Waals surface area contributed by atoms with E-state index in [-0.39, 0.29) is 5.91 Å². The van der Waals surface area contributed by atoms with Crippen LogP contribution in [0.25, 0.3) is 0 Å². The molecule has 0 aromatic heterocycles. The highest BCUT2D eigenvalue weighted by molar-refractivity contribution is 6.00. The van der Waals surface area contributed by atoms with Gasteiger partial charge in [0.05, 0.1) is 17.8 Å². The molecule has 0 radical (unpaired) electrons. The zero-order valence-corrected chi connectivity index (χ0v) is 12.6. The summed E-state index contributed by atoms with van der Waals surface area (Å²) in [4.78, 5) is 13.9. The number of nitrogens with zero attached hydrogens (tertiary/aromatic N) is 1. The predicted octanol–water partition coefficient (Wildman–Crippen LogP) is 1.91. The summed E-state index contributed by atoms with van der Waals surface area (Å²) in [5.41, 5.74) is 9.60. The molecule has 5 nitrogen and oxygen atoms in total. The lowest BCUT2D eigenvalue weighted by molar-refractivity contribution is -0.115. The van der Waals surface area contributed by atoms with Crippen LogP contribution >= 0.6 is 0 Å². The summed E-state index contributed by atoms with van der Waals surface area (Å²) in [5, 5.41) is 6.30. The number of hydrogen-bond acceptors (Lipinski definition) is 4.